The number of hydrogen-bond donors (Lipinski definition) is 2. The van der Waals surface area contributed by atoms with Crippen LogP contribution in [0.5, 0.6) is 0 Å². The summed E-state index contributed by atoms with van der Waals surface area (Å²) in [6.45, 7) is 13.8. The molecule has 0 atom stereocenters. The van der Waals surface area contributed by atoms with Crippen molar-refractivity contribution in [2.75, 3.05) is 6.54 Å². The van der Waals surface area contributed by atoms with Crippen molar-refractivity contribution < 1.29 is 4.79 Å². The van der Waals surface area contributed by atoms with Crippen LogP contribution in [-0.4, -0.2) is 18.4 Å². The molecule has 0 radical (unpaired) electrons. The van der Waals surface area contributed by atoms with E-state index in [0.29, 0.717) is 23.2 Å². The Balaban J connectivity index is 0.000000430. The molecule has 0 bridgehead atoms. The van der Waals surface area contributed by atoms with E-state index < -0.39 is 0 Å². The maximum absolute atomic E-state index is 10.2. The molecular formula is C28H55N3O. The lowest BCUT2D eigenvalue weighted by molar-refractivity contribution is -0.117. The molecule has 0 aromatic carbocycles. The number of nitrogens with two attached hydrogens (primary N) is 2. The van der Waals surface area contributed by atoms with Crippen LogP contribution >= 0.6 is 0 Å². The molecule has 3 aliphatic rings. The van der Waals surface area contributed by atoms with Gasteiger partial charge in [-0.15, -0.1) is 0 Å². The van der Waals surface area contributed by atoms with E-state index in [9.17, 15) is 4.79 Å². The molecule has 4 heteroatoms. The fourth-order valence-electron chi connectivity index (χ4n) is 5.45. The molecule has 3 fully saturated rings. The summed E-state index contributed by atoms with van der Waals surface area (Å²) in [5.41, 5.74) is 11.5. The summed E-state index contributed by atoms with van der Waals surface area (Å²) >= 11 is 0. The van der Waals surface area contributed by atoms with Gasteiger partial charge in [0.25, 0.3) is 0 Å². The Kier molecular flexibility index (Phi) is 16.2. The first-order valence-corrected chi connectivity index (χ1v) is 13.4. The van der Waals surface area contributed by atoms with E-state index in [1.165, 1.54) is 44.9 Å². The first kappa shape index (κ1) is 31.1. The molecule has 0 spiro atoms. The normalized spacial score (nSPS) is 20.8. The van der Waals surface area contributed by atoms with E-state index in [4.69, 9.17) is 16.7 Å². The Morgan fingerprint density at radius 3 is 1.50 bits per heavy atom. The molecule has 0 saturated heterocycles. The van der Waals surface area contributed by atoms with E-state index in [1.54, 1.807) is 0 Å². The van der Waals surface area contributed by atoms with E-state index in [1.807, 2.05) is 13.8 Å². The second-order valence-corrected chi connectivity index (χ2v) is 11.7. The van der Waals surface area contributed by atoms with Gasteiger partial charge >= 0.3 is 0 Å². The van der Waals surface area contributed by atoms with Crippen molar-refractivity contribution in [1.29, 1.82) is 5.26 Å². The maximum Gasteiger partial charge on any atom is 0.132 e. The third kappa shape index (κ3) is 14.3. The monoisotopic (exact) mass is 449 g/mol. The van der Waals surface area contributed by atoms with E-state index in [2.05, 4.69) is 33.8 Å². The van der Waals surface area contributed by atoms with Gasteiger partial charge in [-0.1, -0.05) is 67.2 Å². The standard InChI is InChI=1S/C10H21N.C10H17N.C5H8O.C3H9N/c2*1-9(2)7-10(8-11)5-3-4-6-10;6-5-3-1-2-4-5;1-3(2)4/h9H,3-8,11H2,1-2H3;9H,3-7H2,1-2H3;1-4H2;3H,4H2,1-2H3. The number of carbonyl (C=O) groups is 1. The summed E-state index contributed by atoms with van der Waals surface area (Å²) in [4.78, 5) is 10.2. The number of hydrogen-bond acceptors (Lipinski definition) is 4. The Hall–Kier alpha value is -0.920. The summed E-state index contributed by atoms with van der Waals surface area (Å²) in [6.07, 6.45) is 16.8. The van der Waals surface area contributed by atoms with Crippen LogP contribution in [0.15, 0.2) is 0 Å². The van der Waals surface area contributed by atoms with Crippen molar-refractivity contribution in [1.82, 2.24) is 0 Å². The van der Waals surface area contributed by atoms with Gasteiger partial charge in [0.1, 0.15) is 5.78 Å². The van der Waals surface area contributed by atoms with Gasteiger partial charge in [-0.3, -0.25) is 4.79 Å². The van der Waals surface area contributed by atoms with Gasteiger partial charge in [0, 0.05) is 12.8 Å². The molecule has 0 aromatic rings. The number of carbonyl (C=O) groups excluding carboxylic acids is 1. The molecule has 188 valence electrons. The first-order chi connectivity index (χ1) is 15.0. The van der Waals surface area contributed by atoms with Crippen molar-refractivity contribution in [3.05, 3.63) is 0 Å². The smallest absolute Gasteiger partial charge is 0.132 e. The molecule has 3 rings (SSSR count). The van der Waals surface area contributed by atoms with Crippen LogP contribution in [0, 0.1) is 34.0 Å². The van der Waals surface area contributed by atoms with Crippen LogP contribution in [0.3, 0.4) is 0 Å². The summed E-state index contributed by atoms with van der Waals surface area (Å²) < 4.78 is 0. The Morgan fingerprint density at radius 2 is 1.22 bits per heavy atom. The van der Waals surface area contributed by atoms with Gasteiger partial charge < -0.3 is 11.5 Å². The summed E-state index contributed by atoms with van der Waals surface area (Å²) in [5.74, 6) is 1.94. The minimum absolute atomic E-state index is 0.0637. The minimum Gasteiger partial charge on any atom is -0.330 e. The summed E-state index contributed by atoms with van der Waals surface area (Å²) in [5, 5.41) is 9.02. The van der Waals surface area contributed by atoms with Crippen molar-refractivity contribution in [3.63, 3.8) is 0 Å². The molecule has 0 unspecified atom stereocenters. The molecule has 3 aliphatic carbocycles. The van der Waals surface area contributed by atoms with Crippen LogP contribution < -0.4 is 11.5 Å². The SMILES string of the molecule is CC(C)CC1(C#N)CCCC1.CC(C)CC1(CN)CCCC1.CC(C)N.O=C1CCCC1. The highest BCUT2D eigenvalue weighted by molar-refractivity contribution is 5.80. The number of nitriles is 1. The fraction of sp³-hybridized carbons (Fsp3) is 0.929. The molecule has 0 amide bonds. The lowest BCUT2D eigenvalue weighted by Crippen LogP contribution is -2.28. The zero-order valence-electron chi connectivity index (χ0n) is 22.3. The molecule has 4 N–H and O–H groups in total. The topological polar surface area (TPSA) is 92.9 Å². The second-order valence-electron chi connectivity index (χ2n) is 11.7. The third-order valence-electron chi connectivity index (χ3n) is 6.70. The van der Waals surface area contributed by atoms with Crippen LogP contribution in [0.25, 0.3) is 0 Å². The zero-order chi connectivity index (χ0) is 24.6. The van der Waals surface area contributed by atoms with Gasteiger partial charge in [0.15, 0.2) is 0 Å². The molecule has 3 saturated carbocycles. The highest BCUT2D eigenvalue weighted by Crippen LogP contribution is 2.43. The molecule has 0 aromatic heterocycles. The average Bonchev–Trinajstić information content (AvgIpc) is 3.45. The zero-order valence-corrected chi connectivity index (χ0v) is 22.3. The van der Waals surface area contributed by atoms with Crippen LogP contribution in [0.2, 0.25) is 0 Å². The summed E-state index contributed by atoms with van der Waals surface area (Å²) in [6, 6.07) is 2.84. The van der Waals surface area contributed by atoms with Gasteiger partial charge in [-0.05, 0) is 81.2 Å². The Labute approximate surface area is 200 Å². The van der Waals surface area contributed by atoms with Crippen molar-refractivity contribution in [2.45, 2.75) is 137 Å². The lowest BCUT2D eigenvalue weighted by Gasteiger charge is -2.28. The number of Topliss-reactive ketones (excluding diaryl/α,β-unsaturated/α-hetero) is 1. The van der Waals surface area contributed by atoms with E-state index >= 15 is 0 Å². The average molecular weight is 450 g/mol. The molecule has 32 heavy (non-hydrogen) atoms. The van der Waals surface area contributed by atoms with E-state index in [-0.39, 0.29) is 5.41 Å². The number of rotatable bonds is 5. The van der Waals surface area contributed by atoms with Crippen LogP contribution in [0.4, 0.5) is 0 Å². The van der Waals surface area contributed by atoms with Gasteiger partial charge in [0.2, 0.25) is 0 Å². The Bertz CT molecular complexity index is 511. The van der Waals surface area contributed by atoms with Gasteiger partial charge in [0.05, 0.1) is 11.5 Å². The number of nitrogens with zero attached hydrogens (tertiary/aromatic N) is 1. The maximum atomic E-state index is 10.2. The molecule has 4 nitrogen and oxygen atoms in total. The van der Waals surface area contributed by atoms with Crippen molar-refractivity contribution in [2.24, 2.45) is 34.1 Å². The second kappa shape index (κ2) is 16.7. The highest BCUT2D eigenvalue weighted by Gasteiger charge is 2.34. The lowest BCUT2D eigenvalue weighted by atomic mass is 9.79. The molecule has 0 heterocycles. The fourth-order valence-corrected chi connectivity index (χ4v) is 5.45. The predicted octanol–water partition coefficient (Wildman–Crippen LogP) is 7.15. The predicted molar refractivity (Wildman–Crippen MR) is 138 cm³/mol. The van der Waals surface area contributed by atoms with Gasteiger partial charge in [-0.25, -0.2) is 0 Å². The number of ketones is 1. The van der Waals surface area contributed by atoms with E-state index in [0.717, 1.165) is 57.4 Å². The van der Waals surface area contributed by atoms with Crippen LogP contribution in [-0.2, 0) is 4.79 Å². The quantitative estimate of drug-likeness (QED) is 0.466. The molecular weight excluding hydrogens is 394 g/mol. The Morgan fingerprint density at radius 1 is 0.812 bits per heavy atom. The van der Waals surface area contributed by atoms with Gasteiger partial charge in [-0.2, -0.15) is 5.26 Å². The van der Waals surface area contributed by atoms with Crippen molar-refractivity contribution in [3.8, 4) is 6.07 Å². The third-order valence-corrected chi connectivity index (χ3v) is 6.70. The van der Waals surface area contributed by atoms with Crippen molar-refractivity contribution >= 4 is 5.78 Å². The first-order valence-electron chi connectivity index (χ1n) is 13.4. The van der Waals surface area contributed by atoms with Crippen LogP contribution in [0.1, 0.15) is 131 Å². The minimum atomic E-state index is 0.0637. The molecule has 0 aliphatic heterocycles. The summed E-state index contributed by atoms with van der Waals surface area (Å²) in [7, 11) is 0. The highest BCUT2D eigenvalue weighted by atomic mass is 16.1. The largest absolute Gasteiger partial charge is 0.330 e.